The average Bonchev–Trinajstić information content (AvgIpc) is 3.73. The topological polar surface area (TPSA) is 43.9 Å². The van der Waals surface area contributed by atoms with Crippen molar-refractivity contribution in [1.82, 2.24) is 14.5 Å². The molecule has 0 saturated carbocycles. The lowest BCUT2D eigenvalue weighted by Gasteiger charge is -2.10. The van der Waals surface area contributed by atoms with Gasteiger partial charge in [0.1, 0.15) is 11.2 Å². The molecule has 43 heavy (non-hydrogen) atoms. The quantitative estimate of drug-likeness (QED) is 0.209. The zero-order chi connectivity index (χ0) is 28.1. The van der Waals surface area contributed by atoms with Crippen molar-refractivity contribution in [2.75, 3.05) is 0 Å². The Balaban J connectivity index is 1.35. The highest BCUT2D eigenvalue weighted by atomic mass is 32.1. The molecule has 200 valence electrons. The minimum absolute atomic E-state index is 0.676. The Morgan fingerprint density at radius 2 is 1.33 bits per heavy atom. The molecule has 4 heterocycles. The molecule has 0 atom stereocenters. The summed E-state index contributed by atoms with van der Waals surface area (Å²) in [6, 6.07) is 44.7. The molecule has 0 saturated heterocycles. The Bertz CT molecular complexity index is 2730. The van der Waals surface area contributed by atoms with Gasteiger partial charge in [0.05, 0.1) is 26.9 Å². The van der Waals surface area contributed by atoms with E-state index in [2.05, 4.69) is 114 Å². The highest BCUT2D eigenvalue weighted by Crippen LogP contribution is 2.42. The van der Waals surface area contributed by atoms with Gasteiger partial charge in [-0.1, -0.05) is 91.0 Å². The normalized spacial score (nSPS) is 12.2. The Kier molecular flexibility index (Phi) is 4.57. The van der Waals surface area contributed by atoms with E-state index in [9.17, 15) is 0 Å². The van der Waals surface area contributed by atoms with Gasteiger partial charge in [0.2, 0.25) is 5.95 Å². The number of hydrogen-bond acceptors (Lipinski definition) is 4. The summed E-state index contributed by atoms with van der Waals surface area (Å²) >= 11 is 1.76. The smallest absolute Gasteiger partial charge is 0.235 e. The molecule has 0 aliphatic heterocycles. The van der Waals surface area contributed by atoms with Gasteiger partial charge >= 0.3 is 0 Å². The van der Waals surface area contributed by atoms with Gasteiger partial charge in [-0.05, 0) is 47.2 Å². The predicted molar refractivity (Wildman–Crippen MR) is 179 cm³/mol. The van der Waals surface area contributed by atoms with Gasteiger partial charge in [-0.3, -0.25) is 4.57 Å². The lowest BCUT2D eigenvalue weighted by molar-refractivity contribution is 0.669. The first-order valence-electron chi connectivity index (χ1n) is 14.3. The molecule has 10 rings (SSSR count). The van der Waals surface area contributed by atoms with E-state index in [1.165, 1.54) is 20.9 Å². The van der Waals surface area contributed by atoms with E-state index in [0.29, 0.717) is 5.95 Å². The molecule has 6 aromatic carbocycles. The molecule has 0 spiro atoms. The number of hydrogen-bond donors (Lipinski definition) is 0. The molecule has 10 aromatic rings. The van der Waals surface area contributed by atoms with Crippen LogP contribution >= 0.6 is 11.3 Å². The van der Waals surface area contributed by atoms with Crippen molar-refractivity contribution >= 4 is 86.2 Å². The maximum Gasteiger partial charge on any atom is 0.235 e. The minimum Gasteiger partial charge on any atom is -0.456 e. The first kappa shape index (κ1) is 23.1. The van der Waals surface area contributed by atoms with Crippen molar-refractivity contribution in [3.05, 3.63) is 127 Å². The second-order valence-electron chi connectivity index (χ2n) is 11.0. The number of rotatable bonds is 2. The molecule has 0 fully saturated rings. The van der Waals surface area contributed by atoms with Crippen LogP contribution in [0, 0.1) is 0 Å². The molecule has 0 aliphatic rings. The highest BCUT2D eigenvalue weighted by molar-refractivity contribution is 7.26. The standard InChI is InChI=1S/C38H21N3OS/c1-2-10-22(11-3-1)35-37-36(26-14-6-9-17-33(26)43-37)40-38(39-35)41-29-15-7-4-12-24(29)28-21-27-23(20-30(28)41)18-19-32-34(27)25-13-5-8-16-31(25)42-32/h1-21H. The third-order valence-electron chi connectivity index (χ3n) is 8.61. The zero-order valence-electron chi connectivity index (χ0n) is 22.8. The lowest BCUT2D eigenvalue weighted by Crippen LogP contribution is -2.02. The van der Waals surface area contributed by atoms with E-state index in [0.717, 1.165) is 65.2 Å². The Hall–Kier alpha value is -5.52. The first-order valence-corrected chi connectivity index (χ1v) is 15.2. The largest absolute Gasteiger partial charge is 0.456 e. The molecule has 0 amide bonds. The molecule has 0 N–H and O–H groups in total. The van der Waals surface area contributed by atoms with E-state index in [4.69, 9.17) is 14.4 Å². The van der Waals surface area contributed by atoms with Crippen molar-refractivity contribution in [1.29, 1.82) is 0 Å². The zero-order valence-corrected chi connectivity index (χ0v) is 23.6. The fourth-order valence-corrected chi connectivity index (χ4v) is 7.85. The van der Waals surface area contributed by atoms with Crippen LogP contribution in [0.4, 0.5) is 0 Å². The SMILES string of the molecule is c1ccc(-c2nc(-n3c4ccccc4c4cc5c(ccc6oc7ccccc7c65)cc43)nc3c2sc2ccccc23)cc1. The highest BCUT2D eigenvalue weighted by Gasteiger charge is 2.21. The Morgan fingerprint density at radius 3 is 2.23 bits per heavy atom. The summed E-state index contributed by atoms with van der Waals surface area (Å²) in [4.78, 5) is 10.6. The van der Waals surface area contributed by atoms with Crippen LogP contribution in [-0.4, -0.2) is 14.5 Å². The van der Waals surface area contributed by atoms with Crippen molar-refractivity contribution in [2.45, 2.75) is 0 Å². The number of furan rings is 1. The van der Waals surface area contributed by atoms with E-state index < -0.39 is 0 Å². The van der Waals surface area contributed by atoms with E-state index >= 15 is 0 Å². The van der Waals surface area contributed by atoms with Crippen LogP contribution in [0.2, 0.25) is 0 Å². The molecule has 4 aromatic heterocycles. The summed E-state index contributed by atoms with van der Waals surface area (Å²) in [7, 11) is 0. The molecular formula is C38H21N3OS. The van der Waals surface area contributed by atoms with Crippen molar-refractivity contribution in [3.8, 4) is 17.2 Å². The van der Waals surface area contributed by atoms with Gasteiger partial charge in [0, 0.05) is 37.2 Å². The van der Waals surface area contributed by atoms with Crippen LogP contribution in [0.5, 0.6) is 0 Å². The van der Waals surface area contributed by atoms with Crippen LogP contribution in [0.3, 0.4) is 0 Å². The fraction of sp³-hybridized carbons (Fsp3) is 0. The number of aromatic nitrogens is 3. The van der Waals surface area contributed by atoms with Crippen LogP contribution < -0.4 is 0 Å². The maximum atomic E-state index is 6.23. The number of nitrogens with zero attached hydrogens (tertiary/aromatic N) is 3. The van der Waals surface area contributed by atoms with Gasteiger partial charge in [-0.15, -0.1) is 11.3 Å². The van der Waals surface area contributed by atoms with Crippen LogP contribution in [0.15, 0.2) is 132 Å². The molecule has 5 heteroatoms. The third-order valence-corrected chi connectivity index (χ3v) is 9.77. The lowest BCUT2D eigenvalue weighted by atomic mass is 10.0. The van der Waals surface area contributed by atoms with Crippen LogP contribution in [-0.2, 0) is 0 Å². The summed E-state index contributed by atoms with van der Waals surface area (Å²) in [5, 5.41) is 8.12. The molecular weight excluding hydrogens is 547 g/mol. The summed E-state index contributed by atoms with van der Waals surface area (Å²) < 4.78 is 10.8. The number of fused-ring (bicyclic) bond motifs is 11. The average molecular weight is 568 g/mol. The van der Waals surface area contributed by atoms with Crippen LogP contribution in [0.1, 0.15) is 0 Å². The minimum atomic E-state index is 0.676. The van der Waals surface area contributed by atoms with Gasteiger partial charge in [0.25, 0.3) is 0 Å². The number of para-hydroxylation sites is 2. The summed E-state index contributed by atoms with van der Waals surface area (Å²) in [6.07, 6.45) is 0. The fourth-order valence-electron chi connectivity index (χ4n) is 6.70. The number of thiophene rings is 1. The third kappa shape index (κ3) is 3.20. The summed E-state index contributed by atoms with van der Waals surface area (Å²) in [5.41, 5.74) is 7.01. The molecule has 0 bridgehead atoms. The van der Waals surface area contributed by atoms with Crippen molar-refractivity contribution in [3.63, 3.8) is 0 Å². The Labute approximate surface area is 249 Å². The van der Waals surface area contributed by atoms with Crippen molar-refractivity contribution in [2.24, 2.45) is 0 Å². The maximum absolute atomic E-state index is 6.23. The number of benzene rings is 6. The van der Waals surface area contributed by atoms with Crippen molar-refractivity contribution < 1.29 is 4.42 Å². The molecule has 0 unspecified atom stereocenters. The molecule has 4 nitrogen and oxygen atoms in total. The summed E-state index contributed by atoms with van der Waals surface area (Å²) in [6.45, 7) is 0. The van der Waals surface area contributed by atoms with Gasteiger partial charge in [0.15, 0.2) is 0 Å². The summed E-state index contributed by atoms with van der Waals surface area (Å²) in [5.74, 6) is 0.676. The van der Waals surface area contributed by atoms with Gasteiger partial charge in [-0.2, -0.15) is 0 Å². The van der Waals surface area contributed by atoms with E-state index in [1.54, 1.807) is 11.3 Å². The predicted octanol–water partition coefficient (Wildman–Crippen LogP) is 10.7. The monoisotopic (exact) mass is 567 g/mol. The van der Waals surface area contributed by atoms with Gasteiger partial charge < -0.3 is 4.42 Å². The van der Waals surface area contributed by atoms with E-state index in [1.807, 2.05) is 18.2 Å². The van der Waals surface area contributed by atoms with E-state index in [-0.39, 0.29) is 0 Å². The first-order chi connectivity index (χ1) is 21.3. The van der Waals surface area contributed by atoms with Crippen LogP contribution in [0.25, 0.3) is 92.0 Å². The second-order valence-corrected chi connectivity index (χ2v) is 12.0. The molecule has 0 radical (unpaired) electrons. The Morgan fingerprint density at radius 1 is 0.558 bits per heavy atom. The van der Waals surface area contributed by atoms with Gasteiger partial charge in [-0.25, -0.2) is 9.97 Å². The molecule has 0 aliphatic carbocycles. The second kappa shape index (κ2) is 8.51.